The highest BCUT2D eigenvalue weighted by molar-refractivity contribution is 6.15. The third kappa shape index (κ3) is 2.76. The maximum absolute atomic E-state index is 5.41. The summed E-state index contributed by atoms with van der Waals surface area (Å²) >= 11 is 0. The summed E-state index contributed by atoms with van der Waals surface area (Å²) < 4.78 is 0. The Morgan fingerprint density at radius 1 is 0.514 bits per heavy atom. The molecule has 0 saturated heterocycles. The molecule has 2 nitrogen and oxygen atoms in total. The van der Waals surface area contributed by atoms with Crippen molar-refractivity contribution in [3.05, 3.63) is 120 Å². The molecular weight excluding hydrogens is 448 g/mol. The fourth-order valence-corrected chi connectivity index (χ4v) is 6.35. The van der Waals surface area contributed by atoms with E-state index >= 15 is 0 Å². The maximum atomic E-state index is 5.41. The highest BCUT2D eigenvalue weighted by atomic mass is 14.8. The van der Waals surface area contributed by atoms with Gasteiger partial charge in [0.05, 0.1) is 22.2 Å². The van der Waals surface area contributed by atoms with Gasteiger partial charge in [0.15, 0.2) is 0 Å². The number of pyridine rings is 2. The summed E-state index contributed by atoms with van der Waals surface area (Å²) in [6.45, 7) is 4.63. The molecule has 2 heterocycles. The SMILES string of the molecule is CC1(C)c2cc3ccc4ccccc4c3nc2-c2c1ccc1c(-c3ccccc3)c3ccccc3nc21. The Bertz CT molecular complexity index is 2050. The van der Waals surface area contributed by atoms with Crippen molar-refractivity contribution in [3.63, 3.8) is 0 Å². The molecule has 0 atom stereocenters. The fraction of sp³-hybridized carbons (Fsp3) is 0.0857. The van der Waals surface area contributed by atoms with Crippen LogP contribution in [-0.4, -0.2) is 9.97 Å². The first-order valence-electron chi connectivity index (χ1n) is 12.9. The van der Waals surface area contributed by atoms with Crippen molar-refractivity contribution in [1.82, 2.24) is 9.97 Å². The van der Waals surface area contributed by atoms with Crippen LogP contribution in [0.2, 0.25) is 0 Å². The smallest absolute Gasteiger partial charge is 0.0813 e. The van der Waals surface area contributed by atoms with E-state index in [0.29, 0.717) is 0 Å². The highest BCUT2D eigenvalue weighted by Gasteiger charge is 2.38. The van der Waals surface area contributed by atoms with Crippen LogP contribution in [0.1, 0.15) is 25.0 Å². The Morgan fingerprint density at radius 2 is 1.24 bits per heavy atom. The van der Waals surface area contributed by atoms with Crippen molar-refractivity contribution in [1.29, 1.82) is 0 Å². The van der Waals surface area contributed by atoms with Gasteiger partial charge in [-0.15, -0.1) is 0 Å². The van der Waals surface area contributed by atoms with Crippen LogP contribution in [-0.2, 0) is 5.41 Å². The zero-order valence-corrected chi connectivity index (χ0v) is 20.8. The van der Waals surface area contributed by atoms with Crippen LogP contribution in [0, 0.1) is 0 Å². The molecule has 0 spiro atoms. The van der Waals surface area contributed by atoms with Gasteiger partial charge in [-0.1, -0.05) is 111 Å². The van der Waals surface area contributed by atoms with E-state index in [4.69, 9.17) is 9.97 Å². The van der Waals surface area contributed by atoms with Crippen LogP contribution < -0.4 is 0 Å². The summed E-state index contributed by atoms with van der Waals surface area (Å²) in [5.41, 5.74) is 10.2. The van der Waals surface area contributed by atoms with Crippen LogP contribution in [0.3, 0.4) is 0 Å². The summed E-state index contributed by atoms with van der Waals surface area (Å²) in [5.74, 6) is 0. The molecule has 0 N–H and O–H groups in total. The quantitative estimate of drug-likeness (QED) is 0.176. The molecule has 1 aliphatic rings. The van der Waals surface area contributed by atoms with Gasteiger partial charge >= 0.3 is 0 Å². The molecule has 8 rings (SSSR count). The van der Waals surface area contributed by atoms with E-state index in [1.165, 1.54) is 54.7 Å². The molecule has 0 fully saturated rings. The van der Waals surface area contributed by atoms with E-state index in [1.807, 2.05) is 0 Å². The zero-order chi connectivity index (χ0) is 24.7. The van der Waals surface area contributed by atoms with Gasteiger partial charge in [0.25, 0.3) is 0 Å². The first-order chi connectivity index (χ1) is 18.1. The number of benzene rings is 5. The topological polar surface area (TPSA) is 25.8 Å². The minimum absolute atomic E-state index is 0.161. The van der Waals surface area contributed by atoms with E-state index in [-0.39, 0.29) is 5.41 Å². The van der Waals surface area contributed by atoms with Gasteiger partial charge in [0, 0.05) is 38.1 Å². The fourth-order valence-electron chi connectivity index (χ4n) is 6.35. The predicted molar refractivity (Wildman–Crippen MR) is 155 cm³/mol. The molecule has 37 heavy (non-hydrogen) atoms. The number of nitrogens with zero attached hydrogens (tertiary/aromatic N) is 2. The molecule has 0 bridgehead atoms. The summed E-state index contributed by atoms with van der Waals surface area (Å²) in [4.78, 5) is 10.7. The van der Waals surface area contributed by atoms with Gasteiger partial charge in [0.2, 0.25) is 0 Å². The van der Waals surface area contributed by atoms with Crippen LogP contribution in [0.5, 0.6) is 0 Å². The highest BCUT2D eigenvalue weighted by Crippen LogP contribution is 2.52. The molecule has 174 valence electrons. The average molecular weight is 473 g/mol. The molecule has 0 aliphatic heterocycles. The van der Waals surface area contributed by atoms with Crippen molar-refractivity contribution in [2.45, 2.75) is 19.3 Å². The molecule has 7 aromatic rings. The molecule has 0 amide bonds. The number of hydrogen-bond acceptors (Lipinski definition) is 2. The van der Waals surface area contributed by atoms with E-state index in [9.17, 15) is 0 Å². The lowest BCUT2D eigenvalue weighted by molar-refractivity contribution is 0.660. The van der Waals surface area contributed by atoms with Crippen molar-refractivity contribution in [2.75, 3.05) is 0 Å². The van der Waals surface area contributed by atoms with Crippen molar-refractivity contribution in [2.24, 2.45) is 0 Å². The van der Waals surface area contributed by atoms with Crippen LogP contribution in [0.15, 0.2) is 109 Å². The Morgan fingerprint density at radius 3 is 2.11 bits per heavy atom. The first kappa shape index (κ1) is 20.6. The predicted octanol–water partition coefficient (Wildman–Crippen LogP) is 9.06. The molecule has 1 aliphatic carbocycles. The van der Waals surface area contributed by atoms with E-state index in [2.05, 4.69) is 123 Å². The van der Waals surface area contributed by atoms with Gasteiger partial charge in [-0.3, -0.25) is 0 Å². The minimum Gasteiger partial charge on any atom is -0.247 e. The Kier molecular flexibility index (Phi) is 4.03. The largest absolute Gasteiger partial charge is 0.247 e. The third-order valence-electron chi connectivity index (χ3n) is 8.21. The number of aromatic nitrogens is 2. The third-order valence-corrected chi connectivity index (χ3v) is 8.21. The van der Waals surface area contributed by atoms with Gasteiger partial charge in [0.1, 0.15) is 0 Å². The van der Waals surface area contributed by atoms with Gasteiger partial charge in [-0.2, -0.15) is 0 Å². The van der Waals surface area contributed by atoms with E-state index in [0.717, 1.165) is 22.2 Å². The Hall–Kier alpha value is -4.56. The van der Waals surface area contributed by atoms with Crippen molar-refractivity contribution in [3.8, 4) is 22.4 Å². The van der Waals surface area contributed by atoms with Gasteiger partial charge in [-0.05, 0) is 34.2 Å². The summed E-state index contributed by atoms with van der Waals surface area (Å²) in [6.07, 6.45) is 0. The van der Waals surface area contributed by atoms with Crippen LogP contribution in [0.25, 0.3) is 65.9 Å². The standard InChI is InChI=1S/C35H24N2/c1-35(2)27-19-18-26-30(22-11-4-3-5-12-22)25-14-8-9-15-29(25)36-33(26)31(27)34-28(35)20-23-17-16-21-10-6-7-13-24(21)32(23)37-34/h3-20H,1-2H3. The molecule has 0 saturated carbocycles. The number of fused-ring (bicyclic) bond motifs is 9. The molecule has 0 unspecified atom stereocenters. The normalized spacial score (nSPS) is 13.9. The van der Waals surface area contributed by atoms with Crippen LogP contribution >= 0.6 is 0 Å². The van der Waals surface area contributed by atoms with Gasteiger partial charge < -0.3 is 0 Å². The lowest BCUT2D eigenvalue weighted by Gasteiger charge is -2.22. The first-order valence-corrected chi connectivity index (χ1v) is 12.9. The van der Waals surface area contributed by atoms with E-state index in [1.54, 1.807) is 0 Å². The second-order valence-electron chi connectivity index (χ2n) is 10.6. The number of rotatable bonds is 1. The monoisotopic (exact) mass is 472 g/mol. The Balaban J connectivity index is 1.55. The van der Waals surface area contributed by atoms with Gasteiger partial charge in [-0.25, -0.2) is 9.97 Å². The van der Waals surface area contributed by atoms with E-state index < -0.39 is 0 Å². The lowest BCUT2D eigenvalue weighted by Crippen LogP contribution is -2.15. The molecule has 2 heteroatoms. The number of hydrogen-bond donors (Lipinski definition) is 0. The molecular formula is C35H24N2. The Labute approximate surface area is 215 Å². The lowest BCUT2D eigenvalue weighted by atomic mass is 9.81. The second kappa shape index (κ2) is 7.24. The molecule has 2 aromatic heterocycles. The molecule has 0 radical (unpaired) electrons. The van der Waals surface area contributed by atoms with Crippen molar-refractivity contribution >= 4 is 43.5 Å². The minimum atomic E-state index is -0.161. The zero-order valence-electron chi connectivity index (χ0n) is 20.8. The average Bonchev–Trinajstić information content (AvgIpc) is 3.17. The number of para-hydroxylation sites is 1. The van der Waals surface area contributed by atoms with Crippen molar-refractivity contribution < 1.29 is 0 Å². The summed E-state index contributed by atoms with van der Waals surface area (Å²) in [5, 5.41) is 5.94. The maximum Gasteiger partial charge on any atom is 0.0813 e. The van der Waals surface area contributed by atoms with Crippen LogP contribution in [0.4, 0.5) is 0 Å². The summed E-state index contributed by atoms with van der Waals surface area (Å²) in [6, 6.07) is 39.1. The summed E-state index contributed by atoms with van der Waals surface area (Å²) in [7, 11) is 0. The second-order valence-corrected chi connectivity index (χ2v) is 10.6. The molecule has 5 aromatic carbocycles.